The van der Waals surface area contributed by atoms with E-state index in [1.807, 2.05) is 62.4 Å². The van der Waals surface area contributed by atoms with Crippen molar-refractivity contribution in [2.24, 2.45) is 0 Å². The third-order valence-corrected chi connectivity index (χ3v) is 7.73. The summed E-state index contributed by atoms with van der Waals surface area (Å²) in [7, 11) is -3.91. The molecule has 4 aromatic rings. The van der Waals surface area contributed by atoms with Crippen LogP contribution in [-0.2, 0) is 14.8 Å². The Bertz CT molecular complexity index is 1490. The molecule has 1 N–H and O–H groups in total. The number of carbonyl (C=O) groups excluding carboxylic acids is 1. The van der Waals surface area contributed by atoms with Crippen molar-refractivity contribution in [3.63, 3.8) is 0 Å². The molecule has 1 aliphatic heterocycles. The van der Waals surface area contributed by atoms with Crippen molar-refractivity contribution in [3.05, 3.63) is 96.1 Å². The molecule has 0 spiro atoms. The van der Waals surface area contributed by atoms with Crippen LogP contribution in [0.1, 0.15) is 11.1 Å². The quantitative estimate of drug-likeness (QED) is 0.451. The van der Waals surface area contributed by atoms with Gasteiger partial charge in [0.15, 0.2) is 6.10 Å². The Morgan fingerprint density at radius 3 is 2.41 bits per heavy atom. The van der Waals surface area contributed by atoms with Crippen LogP contribution < -0.4 is 14.4 Å². The number of amides is 1. The number of sulfonamides is 1. The van der Waals surface area contributed by atoms with Crippen LogP contribution in [0.5, 0.6) is 5.75 Å². The minimum atomic E-state index is -3.91. The van der Waals surface area contributed by atoms with Gasteiger partial charge in [-0.25, -0.2) is 8.42 Å². The number of hydrogen-bond donors (Lipinski definition) is 1. The summed E-state index contributed by atoms with van der Waals surface area (Å²) in [6, 6.07) is 25.4. The summed E-state index contributed by atoms with van der Waals surface area (Å²) >= 11 is 0. The third kappa shape index (κ3) is 3.99. The largest absolute Gasteiger partial charge is 0.476 e. The predicted octanol–water partition coefficient (Wildman–Crippen LogP) is 5.05. The van der Waals surface area contributed by atoms with Crippen molar-refractivity contribution in [1.29, 1.82) is 0 Å². The van der Waals surface area contributed by atoms with Gasteiger partial charge in [0.2, 0.25) is 0 Å². The van der Waals surface area contributed by atoms with E-state index in [1.165, 1.54) is 4.31 Å². The number of nitrogens with one attached hydrogen (secondary N) is 1. The van der Waals surface area contributed by atoms with Crippen LogP contribution in [0, 0.1) is 13.8 Å². The first-order valence-corrected chi connectivity index (χ1v) is 12.4. The number of aryl methyl sites for hydroxylation is 2. The maximum absolute atomic E-state index is 13.6. The van der Waals surface area contributed by atoms with E-state index in [4.69, 9.17) is 4.74 Å². The summed E-state index contributed by atoms with van der Waals surface area (Å²) in [5.41, 5.74) is 2.93. The molecule has 0 saturated heterocycles. The molecule has 1 atom stereocenters. The molecule has 0 aromatic heterocycles. The van der Waals surface area contributed by atoms with Gasteiger partial charge in [0.05, 0.1) is 17.1 Å². The topological polar surface area (TPSA) is 75.7 Å². The maximum atomic E-state index is 13.6. The lowest BCUT2D eigenvalue weighted by atomic mass is 10.1. The highest BCUT2D eigenvalue weighted by atomic mass is 32.2. The normalized spacial score (nSPS) is 15.5. The van der Waals surface area contributed by atoms with Gasteiger partial charge in [0.1, 0.15) is 5.75 Å². The molecule has 6 nitrogen and oxygen atoms in total. The van der Waals surface area contributed by atoms with Gasteiger partial charge in [0, 0.05) is 11.1 Å². The zero-order chi connectivity index (χ0) is 23.9. The SMILES string of the molecule is Cc1ccc(S(=O)(=O)N2CC(C(=O)Nc3cccc4ccccc34)Oc3cc(C)ccc32)cc1. The zero-order valence-corrected chi connectivity index (χ0v) is 19.7. The van der Waals surface area contributed by atoms with E-state index in [-0.39, 0.29) is 11.4 Å². The molecule has 0 fully saturated rings. The molecule has 172 valence electrons. The summed E-state index contributed by atoms with van der Waals surface area (Å²) in [6.45, 7) is 3.65. The molecule has 0 radical (unpaired) electrons. The summed E-state index contributed by atoms with van der Waals surface area (Å²) in [6.07, 6.45) is -1.02. The van der Waals surface area contributed by atoms with Gasteiger partial charge in [-0.15, -0.1) is 0 Å². The summed E-state index contributed by atoms with van der Waals surface area (Å²) in [5.74, 6) is -0.0485. The second kappa shape index (κ2) is 8.50. The van der Waals surface area contributed by atoms with Crippen molar-refractivity contribution in [2.45, 2.75) is 24.8 Å². The fourth-order valence-corrected chi connectivity index (χ4v) is 5.59. The number of anilines is 2. The Kier molecular flexibility index (Phi) is 5.49. The Morgan fingerprint density at radius 2 is 1.62 bits per heavy atom. The lowest BCUT2D eigenvalue weighted by Crippen LogP contribution is -2.48. The second-order valence-electron chi connectivity index (χ2n) is 8.44. The fraction of sp³-hybridized carbons (Fsp3) is 0.148. The van der Waals surface area contributed by atoms with Crippen molar-refractivity contribution < 1.29 is 17.9 Å². The van der Waals surface area contributed by atoms with Crippen molar-refractivity contribution in [1.82, 2.24) is 0 Å². The molecule has 5 rings (SSSR count). The smallest absolute Gasteiger partial charge is 0.267 e. The Balaban J connectivity index is 1.51. The molecule has 7 heteroatoms. The highest BCUT2D eigenvalue weighted by Crippen LogP contribution is 2.38. The van der Waals surface area contributed by atoms with Crippen molar-refractivity contribution in [3.8, 4) is 5.75 Å². The summed E-state index contributed by atoms with van der Waals surface area (Å²) < 4.78 is 34.5. The number of nitrogens with zero attached hydrogens (tertiary/aromatic N) is 1. The number of carbonyl (C=O) groups is 1. The molecule has 0 bridgehead atoms. The highest BCUT2D eigenvalue weighted by molar-refractivity contribution is 7.92. The molecule has 0 aliphatic carbocycles. The fourth-order valence-electron chi connectivity index (χ4n) is 4.11. The average molecular weight is 473 g/mol. The monoisotopic (exact) mass is 472 g/mol. The van der Waals surface area contributed by atoms with Gasteiger partial charge < -0.3 is 10.1 Å². The Hall–Kier alpha value is -3.84. The van der Waals surface area contributed by atoms with E-state index >= 15 is 0 Å². The van der Waals surface area contributed by atoms with Gasteiger partial charge in [0.25, 0.3) is 15.9 Å². The molecular weight excluding hydrogens is 448 g/mol. The van der Waals surface area contributed by atoms with E-state index in [0.29, 0.717) is 17.1 Å². The average Bonchev–Trinajstić information content (AvgIpc) is 2.83. The Morgan fingerprint density at radius 1 is 0.912 bits per heavy atom. The first kappa shape index (κ1) is 22.0. The summed E-state index contributed by atoms with van der Waals surface area (Å²) in [5, 5.41) is 4.83. The van der Waals surface area contributed by atoms with Crippen LogP contribution in [0.3, 0.4) is 0 Å². The number of rotatable bonds is 4. The van der Waals surface area contributed by atoms with Crippen LogP contribution in [0.15, 0.2) is 89.8 Å². The first-order valence-electron chi connectivity index (χ1n) is 11.0. The lowest BCUT2D eigenvalue weighted by molar-refractivity contribution is -0.122. The van der Waals surface area contributed by atoms with Crippen LogP contribution in [0.2, 0.25) is 0 Å². The second-order valence-corrected chi connectivity index (χ2v) is 10.3. The van der Waals surface area contributed by atoms with Gasteiger partial charge in [-0.2, -0.15) is 0 Å². The summed E-state index contributed by atoms with van der Waals surface area (Å²) in [4.78, 5) is 13.5. The third-order valence-electron chi connectivity index (χ3n) is 5.93. The van der Waals surface area contributed by atoms with E-state index in [0.717, 1.165) is 21.9 Å². The van der Waals surface area contributed by atoms with E-state index in [2.05, 4.69) is 5.32 Å². The standard InChI is InChI=1S/C27H24N2O4S/c1-18-10-13-21(14-11-18)34(31,32)29-17-26(33-25-16-19(2)12-15-24(25)29)27(30)28-23-9-5-7-20-6-3-4-8-22(20)23/h3-16,26H,17H2,1-2H3,(H,28,30). The minimum absolute atomic E-state index is 0.136. The molecule has 34 heavy (non-hydrogen) atoms. The van der Waals surface area contributed by atoms with Crippen molar-refractivity contribution >= 4 is 38.1 Å². The lowest BCUT2D eigenvalue weighted by Gasteiger charge is -2.35. The van der Waals surface area contributed by atoms with Gasteiger partial charge in [-0.1, -0.05) is 60.2 Å². The van der Waals surface area contributed by atoms with Crippen LogP contribution in [0.25, 0.3) is 10.8 Å². The molecule has 1 aliphatic rings. The Labute approximate surface area is 198 Å². The molecule has 1 amide bonds. The van der Waals surface area contributed by atoms with Crippen LogP contribution >= 0.6 is 0 Å². The number of hydrogen-bond acceptors (Lipinski definition) is 4. The van der Waals surface area contributed by atoms with E-state index in [9.17, 15) is 13.2 Å². The molecular formula is C27H24N2O4S. The number of fused-ring (bicyclic) bond motifs is 2. The van der Waals surface area contributed by atoms with Gasteiger partial charge in [-0.05, 0) is 55.1 Å². The van der Waals surface area contributed by atoms with Gasteiger partial charge in [-0.3, -0.25) is 9.10 Å². The van der Waals surface area contributed by atoms with Gasteiger partial charge >= 0.3 is 0 Å². The first-order chi connectivity index (χ1) is 16.3. The number of benzene rings is 4. The molecule has 1 unspecified atom stereocenters. The van der Waals surface area contributed by atoms with Crippen LogP contribution in [-0.4, -0.2) is 27.0 Å². The maximum Gasteiger partial charge on any atom is 0.267 e. The molecule has 4 aromatic carbocycles. The van der Waals surface area contributed by atoms with Crippen LogP contribution in [0.4, 0.5) is 11.4 Å². The van der Waals surface area contributed by atoms with Crippen molar-refractivity contribution in [2.75, 3.05) is 16.2 Å². The van der Waals surface area contributed by atoms with E-state index in [1.54, 1.807) is 36.4 Å². The highest BCUT2D eigenvalue weighted by Gasteiger charge is 2.37. The molecule has 1 heterocycles. The molecule has 0 saturated carbocycles. The number of ether oxygens (including phenoxy) is 1. The van der Waals surface area contributed by atoms with E-state index < -0.39 is 22.0 Å². The minimum Gasteiger partial charge on any atom is -0.476 e. The zero-order valence-electron chi connectivity index (χ0n) is 18.9. The predicted molar refractivity (Wildman–Crippen MR) is 134 cm³/mol.